The minimum atomic E-state index is -0.918. The van der Waals surface area contributed by atoms with Crippen LogP contribution in [0.25, 0.3) is 5.69 Å². The fourth-order valence-electron chi connectivity index (χ4n) is 3.79. The molecule has 1 N–H and O–H groups in total. The lowest BCUT2D eigenvalue weighted by Gasteiger charge is -2.36. The van der Waals surface area contributed by atoms with E-state index in [1.807, 2.05) is 25.1 Å². The third kappa shape index (κ3) is 4.74. The van der Waals surface area contributed by atoms with Gasteiger partial charge in [0.15, 0.2) is 11.6 Å². The lowest BCUT2D eigenvalue weighted by molar-refractivity contribution is 0.193. The molecule has 1 saturated heterocycles. The van der Waals surface area contributed by atoms with Crippen molar-refractivity contribution in [3.8, 4) is 11.4 Å². The first-order valence-electron chi connectivity index (χ1n) is 10.6. The first-order valence-corrected chi connectivity index (χ1v) is 10.6. The number of rotatable bonds is 5. The van der Waals surface area contributed by atoms with Crippen molar-refractivity contribution >= 4 is 11.7 Å². The zero-order valence-corrected chi connectivity index (χ0v) is 18.8. The van der Waals surface area contributed by atoms with Crippen LogP contribution in [0.2, 0.25) is 0 Å². The highest BCUT2D eigenvalue weighted by Crippen LogP contribution is 2.29. The maximum absolute atomic E-state index is 14.0. The summed E-state index contributed by atoms with van der Waals surface area (Å²) in [6, 6.07) is 8.54. The topological polar surface area (TPSA) is 75.5 Å². The minimum absolute atomic E-state index is 0.0670. The maximum Gasteiger partial charge on any atom is 0.317 e. The number of benzene rings is 2. The third-order valence-electron chi connectivity index (χ3n) is 5.73. The molecule has 33 heavy (non-hydrogen) atoms. The predicted molar refractivity (Wildman–Crippen MR) is 120 cm³/mol. The van der Waals surface area contributed by atoms with Gasteiger partial charge in [-0.25, -0.2) is 23.2 Å². The molecule has 0 aliphatic carbocycles. The van der Waals surface area contributed by atoms with Crippen LogP contribution in [0.3, 0.4) is 0 Å². The Morgan fingerprint density at radius 3 is 2.52 bits per heavy atom. The SMILES string of the molecule is COc1cc(N2CCN(C(=O)NCc3ccc(C)c(F)c3F)CC2)ccc1-n1cnc(C)n1. The molecule has 2 aromatic carbocycles. The number of halogens is 2. The second kappa shape index (κ2) is 9.43. The summed E-state index contributed by atoms with van der Waals surface area (Å²) in [4.78, 5) is 20.5. The second-order valence-electron chi connectivity index (χ2n) is 7.89. The van der Waals surface area contributed by atoms with Crippen LogP contribution in [0.15, 0.2) is 36.7 Å². The number of nitrogens with zero attached hydrogens (tertiary/aromatic N) is 5. The number of piperazine rings is 1. The van der Waals surface area contributed by atoms with Gasteiger partial charge >= 0.3 is 6.03 Å². The normalized spacial score (nSPS) is 13.8. The first-order chi connectivity index (χ1) is 15.9. The zero-order chi connectivity index (χ0) is 23.5. The summed E-state index contributed by atoms with van der Waals surface area (Å²) in [5.41, 5.74) is 2.13. The van der Waals surface area contributed by atoms with E-state index in [0.717, 1.165) is 11.4 Å². The first kappa shape index (κ1) is 22.5. The van der Waals surface area contributed by atoms with E-state index in [-0.39, 0.29) is 23.7 Å². The Morgan fingerprint density at radius 1 is 1.09 bits per heavy atom. The van der Waals surface area contributed by atoms with Crippen LogP contribution in [0, 0.1) is 25.5 Å². The highest BCUT2D eigenvalue weighted by atomic mass is 19.2. The van der Waals surface area contributed by atoms with Crippen molar-refractivity contribution in [1.29, 1.82) is 0 Å². The molecular formula is C23H26F2N6O2. The van der Waals surface area contributed by atoms with Crippen LogP contribution in [-0.4, -0.2) is 59.0 Å². The van der Waals surface area contributed by atoms with Gasteiger partial charge in [0, 0.05) is 50.0 Å². The number of anilines is 1. The summed E-state index contributed by atoms with van der Waals surface area (Å²) >= 11 is 0. The monoisotopic (exact) mass is 456 g/mol. The lowest BCUT2D eigenvalue weighted by Crippen LogP contribution is -2.51. The molecule has 8 nitrogen and oxygen atoms in total. The molecule has 0 unspecified atom stereocenters. The van der Waals surface area contributed by atoms with Crippen LogP contribution >= 0.6 is 0 Å². The number of carbonyl (C=O) groups excluding carboxylic acids is 1. The van der Waals surface area contributed by atoms with Gasteiger partial charge in [-0.05, 0) is 31.5 Å². The van der Waals surface area contributed by atoms with Crippen LogP contribution in [0.1, 0.15) is 17.0 Å². The molecule has 1 fully saturated rings. The summed E-state index contributed by atoms with van der Waals surface area (Å²) in [6.07, 6.45) is 1.64. The Morgan fingerprint density at radius 2 is 1.85 bits per heavy atom. The van der Waals surface area contributed by atoms with Gasteiger partial charge in [-0.2, -0.15) is 5.10 Å². The fraction of sp³-hybridized carbons (Fsp3) is 0.348. The third-order valence-corrected chi connectivity index (χ3v) is 5.73. The quantitative estimate of drug-likeness (QED) is 0.638. The minimum Gasteiger partial charge on any atom is -0.494 e. The molecule has 3 aromatic rings. The number of aromatic nitrogens is 3. The number of urea groups is 1. The van der Waals surface area contributed by atoms with Crippen molar-refractivity contribution in [3.05, 3.63) is 65.2 Å². The van der Waals surface area contributed by atoms with Gasteiger partial charge < -0.3 is 19.9 Å². The molecule has 2 amide bonds. The molecule has 2 heterocycles. The van der Waals surface area contributed by atoms with Crippen LogP contribution < -0.4 is 15.0 Å². The predicted octanol–water partition coefficient (Wildman–Crippen LogP) is 3.20. The Hall–Kier alpha value is -3.69. The number of amides is 2. The highest BCUT2D eigenvalue weighted by Gasteiger charge is 2.22. The van der Waals surface area contributed by atoms with E-state index < -0.39 is 11.6 Å². The van der Waals surface area contributed by atoms with Crippen molar-refractivity contribution in [3.63, 3.8) is 0 Å². The van der Waals surface area contributed by atoms with Crippen LogP contribution in [0.5, 0.6) is 5.75 Å². The van der Waals surface area contributed by atoms with E-state index in [2.05, 4.69) is 20.3 Å². The zero-order valence-electron chi connectivity index (χ0n) is 18.8. The molecule has 0 radical (unpaired) electrons. The molecule has 1 aliphatic heterocycles. The van der Waals surface area contributed by atoms with E-state index >= 15 is 0 Å². The molecule has 0 spiro atoms. The Bertz CT molecular complexity index is 1160. The maximum atomic E-state index is 14.0. The molecule has 1 aliphatic rings. The summed E-state index contributed by atoms with van der Waals surface area (Å²) in [7, 11) is 1.61. The lowest BCUT2D eigenvalue weighted by atomic mass is 10.1. The van der Waals surface area contributed by atoms with Gasteiger partial charge in [-0.1, -0.05) is 12.1 Å². The van der Waals surface area contributed by atoms with E-state index in [1.54, 1.807) is 23.0 Å². The average Bonchev–Trinajstić information content (AvgIpc) is 3.27. The molecule has 1 aromatic heterocycles. The smallest absolute Gasteiger partial charge is 0.317 e. The van der Waals surface area contributed by atoms with Gasteiger partial charge in [0.1, 0.15) is 23.6 Å². The van der Waals surface area contributed by atoms with Gasteiger partial charge in [-0.15, -0.1) is 0 Å². The second-order valence-corrected chi connectivity index (χ2v) is 7.89. The van der Waals surface area contributed by atoms with E-state index in [0.29, 0.717) is 37.8 Å². The largest absolute Gasteiger partial charge is 0.494 e. The van der Waals surface area contributed by atoms with Gasteiger partial charge in [0.05, 0.1) is 7.11 Å². The van der Waals surface area contributed by atoms with Crippen LogP contribution in [0.4, 0.5) is 19.3 Å². The van der Waals surface area contributed by atoms with Crippen molar-refractivity contribution in [2.75, 3.05) is 38.2 Å². The number of ether oxygens (including phenoxy) is 1. The Labute approximate surface area is 190 Å². The average molecular weight is 456 g/mol. The van der Waals surface area contributed by atoms with Crippen LogP contribution in [-0.2, 0) is 6.54 Å². The summed E-state index contributed by atoms with van der Waals surface area (Å²) in [6.45, 7) is 5.52. The molecular weight excluding hydrogens is 430 g/mol. The van der Waals surface area contributed by atoms with E-state index in [9.17, 15) is 13.6 Å². The van der Waals surface area contributed by atoms with Crippen molar-refractivity contribution in [2.45, 2.75) is 20.4 Å². The molecule has 174 valence electrons. The number of nitrogens with one attached hydrogen (secondary N) is 1. The number of aryl methyl sites for hydroxylation is 2. The van der Waals surface area contributed by atoms with Crippen molar-refractivity contribution in [1.82, 2.24) is 25.0 Å². The van der Waals surface area contributed by atoms with Crippen molar-refractivity contribution < 1.29 is 18.3 Å². The Kier molecular flexibility index (Phi) is 6.43. The number of hydrogen-bond donors (Lipinski definition) is 1. The highest BCUT2D eigenvalue weighted by molar-refractivity contribution is 5.74. The molecule has 0 atom stereocenters. The standard InChI is InChI=1S/C23H26F2N6O2/c1-15-4-5-17(22(25)21(15)24)13-26-23(32)30-10-8-29(9-11-30)18-6-7-19(20(12-18)33-3)31-14-27-16(2)28-31/h4-7,12,14H,8-11,13H2,1-3H3,(H,26,32). The van der Waals surface area contributed by atoms with E-state index in [1.165, 1.54) is 19.1 Å². The van der Waals surface area contributed by atoms with Gasteiger partial charge in [0.25, 0.3) is 0 Å². The molecule has 10 heteroatoms. The number of hydrogen-bond acceptors (Lipinski definition) is 5. The number of carbonyl (C=O) groups is 1. The van der Waals surface area contributed by atoms with Crippen molar-refractivity contribution in [2.24, 2.45) is 0 Å². The molecule has 0 bridgehead atoms. The molecule has 0 saturated carbocycles. The van der Waals surface area contributed by atoms with Gasteiger partial charge in [0.2, 0.25) is 0 Å². The van der Waals surface area contributed by atoms with Gasteiger partial charge in [-0.3, -0.25) is 0 Å². The van der Waals surface area contributed by atoms with E-state index in [4.69, 9.17) is 4.74 Å². The summed E-state index contributed by atoms with van der Waals surface area (Å²) < 4.78 is 35.0. The summed E-state index contributed by atoms with van der Waals surface area (Å²) in [5, 5.41) is 7.01. The Balaban J connectivity index is 1.35. The fourth-order valence-corrected chi connectivity index (χ4v) is 3.79. The number of methoxy groups -OCH3 is 1. The summed E-state index contributed by atoms with van der Waals surface area (Å²) in [5.74, 6) is -0.454. The molecule has 4 rings (SSSR count).